The number of pyridine rings is 1. The zero-order valence-corrected chi connectivity index (χ0v) is 38.3. The van der Waals surface area contributed by atoms with Gasteiger partial charge < -0.3 is 4.42 Å². The molecule has 6 heteroatoms. The Labute approximate surface area is 410 Å². The Morgan fingerprint density at radius 3 is 1.11 bits per heavy atom. The van der Waals surface area contributed by atoms with Crippen molar-refractivity contribution in [1.29, 1.82) is 0 Å². The highest BCUT2D eigenvalue weighted by molar-refractivity contribution is 6.21. The van der Waals surface area contributed by atoms with E-state index in [0.29, 0.717) is 17.2 Å². The summed E-state index contributed by atoms with van der Waals surface area (Å²) in [7, 11) is 0. The van der Waals surface area contributed by atoms with Crippen molar-refractivity contribution in [2.75, 3.05) is 0 Å². The molecule has 0 unspecified atom stereocenters. The second-order valence-electron chi connectivity index (χ2n) is 17.6. The maximum atomic E-state index is 6.81. The summed E-state index contributed by atoms with van der Waals surface area (Å²) in [6, 6.07) is 85.6. The highest BCUT2D eigenvalue weighted by Gasteiger charge is 2.21. The van der Waals surface area contributed by atoms with Crippen LogP contribution in [0.4, 0.5) is 0 Å². The van der Waals surface area contributed by atoms with Crippen LogP contribution < -0.4 is 0 Å². The smallest absolute Gasteiger partial charge is 0.162 e. The van der Waals surface area contributed by atoms with Gasteiger partial charge in [0.2, 0.25) is 0 Å². The normalized spacial score (nSPS) is 11.4. The molecule has 4 aromatic heterocycles. The summed E-state index contributed by atoms with van der Waals surface area (Å²) in [6.45, 7) is 0. The van der Waals surface area contributed by atoms with Gasteiger partial charge in [-0.15, -0.1) is 0 Å². The summed E-state index contributed by atoms with van der Waals surface area (Å²) in [5.74, 6) is 1.24. The lowest BCUT2D eigenvalue weighted by atomic mass is 9.96. The number of nitrogens with zero attached hydrogens (tertiary/aromatic N) is 5. The lowest BCUT2D eigenvalue weighted by molar-refractivity contribution is 0.669. The molecule has 0 aliphatic heterocycles. The van der Waals surface area contributed by atoms with Gasteiger partial charge in [-0.05, 0) is 64.7 Å². The second kappa shape index (κ2) is 17.8. The molecule has 0 radical (unpaired) electrons. The minimum absolute atomic E-state index is 0.621. The number of aromatic nitrogens is 5. The second-order valence-corrected chi connectivity index (χ2v) is 17.6. The summed E-state index contributed by atoms with van der Waals surface area (Å²) >= 11 is 0. The Kier molecular flexibility index (Phi) is 10.4. The van der Waals surface area contributed by atoms with Crippen LogP contribution in [0, 0.1) is 0 Å². The molecule has 0 spiro atoms. The summed E-state index contributed by atoms with van der Waals surface area (Å²) in [6.07, 6.45) is 0. The van der Waals surface area contributed by atoms with Gasteiger partial charge in [0.1, 0.15) is 11.3 Å². The standard InChI is InChI=1S/C65H41N5O/c1-5-17-42(18-6-1)44-29-33-46(34-30-44)56-40-58(69-64(67-56)48-21-9-3-10-22-48)50-37-51(39-52(38-50)62-63-61(53-25-13-15-27-55(53)66-62)54-26-14-16-28-60(54)71-63)59-41-57(68-65(70-59)49-23-11-4-12-24-49)47-35-31-45(32-36-47)43-19-7-2-8-20-43/h1-41H. The zero-order valence-electron chi connectivity index (χ0n) is 38.3. The third-order valence-corrected chi connectivity index (χ3v) is 13.1. The average Bonchev–Trinajstić information content (AvgIpc) is 3.86. The summed E-state index contributed by atoms with van der Waals surface area (Å²) in [5.41, 5.74) is 17.2. The molecule has 0 atom stereocenters. The molecule has 4 heterocycles. The minimum Gasteiger partial charge on any atom is -0.454 e. The van der Waals surface area contributed by atoms with Gasteiger partial charge in [0.25, 0.3) is 0 Å². The van der Waals surface area contributed by atoms with Crippen LogP contribution in [-0.2, 0) is 0 Å². The van der Waals surface area contributed by atoms with Gasteiger partial charge in [-0.25, -0.2) is 24.9 Å². The predicted octanol–water partition coefficient (Wildman–Crippen LogP) is 16.7. The van der Waals surface area contributed by atoms with Gasteiger partial charge in [-0.3, -0.25) is 0 Å². The summed E-state index contributed by atoms with van der Waals surface area (Å²) < 4.78 is 6.81. The van der Waals surface area contributed by atoms with Crippen LogP contribution in [-0.4, -0.2) is 24.9 Å². The van der Waals surface area contributed by atoms with E-state index in [2.05, 4.69) is 182 Å². The third kappa shape index (κ3) is 7.99. The number of furan rings is 1. The topological polar surface area (TPSA) is 77.6 Å². The number of fused-ring (bicyclic) bond motifs is 5. The Balaban J connectivity index is 1.05. The zero-order chi connectivity index (χ0) is 47.1. The van der Waals surface area contributed by atoms with E-state index in [4.69, 9.17) is 29.3 Å². The Bertz CT molecular complexity index is 3880. The molecule has 9 aromatic carbocycles. The fraction of sp³-hybridized carbons (Fsp3) is 0. The lowest BCUT2D eigenvalue weighted by Gasteiger charge is -2.15. The van der Waals surface area contributed by atoms with Crippen molar-refractivity contribution in [2.45, 2.75) is 0 Å². The average molecular weight is 908 g/mol. The Hall–Kier alpha value is -9.65. The van der Waals surface area contributed by atoms with Gasteiger partial charge >= 0.3 is 0 Å². The maximum absolute atomic E-state index is 6.81. The molecule has 13 rings (SSSR count). The van der Waals surface area contributed by atoms with Crippen molar-refractivity contribution >= 4 is 32.8 Å². The van der Waals surface area contributed by atoms with Gasteiger partial charge in [-0.2, -0.15) is 0 Å². The van der Waals surface area contributed by atoms with Crippen LogP contribution in [0.25, 0.3) is 134 Å². The van der Waals surface area contributed by atoms with Crippen LogP contribution in [0.15, 0.2) is 253 Å². The number of rotatable bonds is 9. The number of hydrogen-bond acceptors (Lipinski definition) is 6. The molecule has 332 valence electrons. The molecule has 0 aliphatic carbocycles. The number of benzene rings is 9. The molecule has 71 heavy (non-hydrogen) atoms. The number of hydrogen-bond donors (Lipinski definition) is 0. The molecule has 0 saturated carbocycles. The van der Waals surface area contributed by atoms with Crippen LogP contribution in [0.2, 0.25) is 0 Å². The van der Waals surface area contributed by atoms with E-state index >= 15 is 0 Å². The van der Waals surface area contributed by atoms with Crippen molar-refractivity contribution in [2.24, 2.45) is 0 Å². The van der Waals surface area contributed by atoms with Crippen LogP contribution in [0.3, 0.4) is 0 Å². The molecule has 0 saturated heterocycles. The van der Waals surface area contributed by atoms with Crippen LogP contribution in [0.1, 0.15) is 0 Å². The molecular weight excluding hydrogens is 867 g/mol. The monoisotopic (exact) mass is 907 g/mol. The van der Waals surface area contributed by atoms with Crippen LogP contribution >= 0.6 is 0 Å². The molecule has 0 bridgehead atoms. The molecule has 0 fully saturated rings. The largest absolute Gasteiger partial charge is 0.454 e. The van der Waals surface area contributed by atoms with Gasteiger partial charge in [-0.1, -0.05) is 206 Å². The third-order valence-electron chi connectivity index (χ3n) is 13.1. The Morgan fingerprint density at radius 1 is 0.254 bits per heavy atom. The van der Waals surface area contributed by atoms with E-state index < -0.39 is 0 Å². The maximum Gasteiger partial charge on any atom is 0.162 e. The first-order valence-corrected chi connectivity index (χ1v) is 23.7. The highest BCUT2D eigenvalue weighted by atomic mass is 16.3. The number of para-hydroxylation sites is 2. The molecule has 0 N–H and O–H groups in total. The summed E-state index contributed by atoms with van der Waals surface area (Å²) in [4.78, 5) is 26.6. The van der Waals surface area contributed by atoms with E-state index in [9.17, 15) is 0 Å². The first-order valence-electron chi connectivity index (χ1n) is 23.7. The first kappa shape index (κ1) is 41.5. The summed E-state index contributed by atoms with van der Waals surface area (Å²) in [5, 5.41) is 3.10. The van der Waals surface area contributed by atoms with E-state index in [0.717, 1.165) is 117 Å². The van der Waals surface area contributed by atoms with Crippen molar-refractivity contribution in [3.05, 3.63) is 249 Å². The molecule has 0 amide bonds. The predicted molar refractivity (Wildman–Crippen MR) is 289 cm³/mol. The van der Waals surface area contributed by atoms with Crippen molar-refractivity contribution < 1.29 is 4.42 Å². The van der Waals surface area contributed by atoms with Crippen molar-refractivity contribution in [3.8, 4) is 101 Å². The van der Waals surface area contributed by atoms with Gasteiger partial charge in [0, 0.05) is 55.1 Å². The van der Waals surface area contributed by atoms with E-state index in [1.165, 1.54) is 0 Å². The van der Waals surface area contributed by atoms with Gasteiger partial charge in [0.05, 0.1) is 28.3 Å². The quantitative estimate of drug-likeness (QED) is 0.144. The van der Waals surface area contributed by atoms with Gasteiger partial charge in [0.15, 0.2) is 17.2 Å². The lowest BCUT2D eigenvalue weighted by Crippen LogP contribution is -1.99. The molecule has 13 aromatic rings. The fourth-order valence-electron chi connectivity index (χ4n) is 9.54. The first-order chi connectivity index (χ1) is 35.1. The van der Waals surface area contributed by atoms with Crippen LogP contribution in [0.5, 0.6) is 0 Å². The fourth-order valence-corrected chi connectivity index (χ4v) is 9.54. The molecular formula is C65H41N5O. The molecule has 6 nitrogen and oxygen atoms in total. The molecule has 0 aliphatic rings. The van der Waals surface area contributed by atoms with E-state index in [1.54, 1.807) is 0 Å². The van der Waals surface area contributed by atoms with E-state index in [1.807, 2.05) is 66.7 Å². The minimum atomic E-state index is 0.621. The van der Waals surface area contributed by atoms with Crippen molar-refractivity contribution in [1.82, 2.24) is 24.9 Å². The van der Waals surface area contributed by atoms with E-state index in [-0.39, 0.29) is 0 Å². The SMILES string of the molecule is c1ccc(-c2ccc(-c3cc(-c4cc(-c5cc(-c6ccc(-c7ccccc7)cc6)nc(-c6ccccc6)n5)cc(-c5nc6ccccc6c6c5oc5ccccc56)c4)nc(-c4ccccc4)n3)cc2)cc1. The van der Waals surface area contributed by atoms with Crippen molar-refractivity contribution in [3.63, 3.8) is 0 Å². The Morgan fingerprint density at radius 2 is 0.620 bits per heavy atom. The highest BCUT2D eigenvalue weighted by Crippen LogP contribution is 2.42.